The van der Waals surface area contributed by atoms with Crippen LogP contribution in [0.15, 0.2) is 48.5 Å². The van der Waals surface area contributed by atoms with Crippen LogP contribution in [0.2, 0.25) is 0 Å². The van der Waals surface area contributed by atoms with E-state index < -0.39 is 0 Å². The first-order valence-electron chi connectivity index (χ1n) is 9.01. The molecular weight excluding hydrogens is 328 g/mol. The zero-order valence-corrected chi connectivity index (χ0v) is 15.0. The fourth-order valence-corrected chi connectivity index (χ4v) is 2.99. The van der Waals surface area contributed by atoms with Crippen LogP contribution in [0.25, 0.3) is 0 Å². The Balaban J connectivity index is 1.68. The summed E-state index contributed by atoms with van der Waals surface area (Å²) in [4.78, 5) is 26.9. The number of morpholine rings is 1. The van der Waals surface area contributed by atoms with Crippen molar-refractivity contribution >= 4 is 17.5 Å². The second-order valence-corrected chi connectivity index (χ2v) is 6.35. The molecular formula is C21H24N2O3. The lowest BCUT2D eigenvalue weighted by atomic mass is 10.1. The van der Waals surface area contributed by atoms with E-state index in [0.29, 0.717) is 37.6 Å². The molecule has 0 aliphatic carbocycles. The Kier molecular flexibility index (Phi) is 6.02. The third-order valence-electron chi connectivity index (χ3n) is 4.53. The number of ether oxygens (including phenoxy) is 1. The summed E-state index contributed by atoms with van der Waals surface area (Å²) in [6.45, 7) is 4.35. The van der Waals surface area contributed by atoms with Crippen LogP contribution < -0.4 is 5.32 Å². The second kappa shape index (κ2) is 8.63. The topological polar surface area (TPSA) is 58.6 Å². The van der Waals surface area contributed by atoms with Crippen LogP contribution in [0.4, 0.5) is 5.69 Å². The molecule has 0 aromatic heterocycles. The lowest BCUT2D eigenvalue weighted by molar-refractivity contribution is -0.115. The van der Waals surface area contributed by atoms with Crippen molar-refractivity contribution in [1.82, 2.24) is 4.90 Å². The van der Waals surface area contributed by atoms with Gasteiger partial charge in [0.15, 0.2) is 0 Å². The van der Waals surface area contributed by atoms with Gasteiger partial charge in [0.1, 0.15) is 0 Å². The van der Waals surface area contributed by atoms with Gasteiger partial charge in [-0.05, 0) is 29.7 Å². The summed E-state index contributed by atoms with van der Waals surface area (Å²) >= 11 is 0. The Morgan fingerprint density at radius 1 is 1.00 bits per heavy atom. The lowest BCUT2D eigenvalue weighted by Gasteiger charge is -2.27. The predicted molar refractivity (Wildman–Crippen MR) is 101 cm³/mol. The number of anilines is 1. The second-order valence-electron chi connectivity index (χ2n) is 6.35. The van der Waals surface area contributed by atoms with Gasteiger partial charge in [0.2, 0.25) is 5.91 Å². The summed E-state index contributed by atoms with van der Waals surface area (Å²) in [5, 5.41) is 2.89. The maximum Gasteiger partial charge on any atom is 0.256 e. The molecule has 2 aromatic carbocycles. The van der Waals surface area contributed by atoms with Crippen molar-refractivity contribution in [3.8, 4) is 0 Å². The van der Waals surface area contributed by atoms with E-state index in [0.717, 1.165) is 12.0 Å². The van der Waals surface area contributed by atoms with E-state index in [-0.39, 0.29) is 18.2 Å². The van der Waals surface area contributed by atoms with Crippen molar-refractivity contribution < 1.29 is 14.3 Å². The van der Waals surface area contributed by atoms with Gasteiger partial charge in [-0.1, -0.05) is 43.3 Å². The summed E-state index contributed by atoms with van der Waals surface area (Å²) in [6.07, 6.45) is 1.26. The number of carbonyl (C=O) groups excluding carboxylic acids is 2. The van der Waals surface area contributed by atoms with Crippen molar-refractivity contribution in [1.29, 1.82) is 0 Å². The molecule has 0 atom stereocenters. The van der Waals surface area contributed by atoms with Crippen LogP contribution in [0, 0.1) is 0 Å². The zero-order chi connectivity index (χ0) is 18.4. The number of aryl methyl sites for hydroxylation is 1. The van der Waals surface area contributed by atoms with E-state index >= 15 is 0 Å². The van der Waals surface area contributed by atoms with Gasteiger partial charge in [0.25, 0.3) is 5.91 Å². The number of carbonyl (C=O) groups is 2. The SMILES string of the molecule is CCc1ccc(CC(=O)Nc2ccccc2C(=O)N2CCOCC2)cc1. The zero-order valence-electron chi connectivity index (χ0n) is 15.0. The molecule has 5 heteroatoms. The molecule has 26 heavy (non-hydrogen) atoms. The van der Waals surface area contributed by atoms with E-state index in [1.807, 2.05) is 36.4 Å². The van der Waals surface area contributed by atoms with Crippen LogP contribution in [0.1, 0.15) is 28.4 Å². The maximum atomic E-state index is 12.7. The molecule has 0 spiro atoms. The van der Waals surface area contributed by atoms with Gasteiger partial charge in [-0.25, -0.2) is 0 Å². The van der Waals surface area contributed by atoms with E-state index in [4.69, 9.17) is 4.74 Å². The van der Waals surface area contributed by atoms with Crippen LogP contribution in [-0.2, 0) is 22.4 Å². The molecule has 0 radical (unpaired) electrons. The number of para-hydroxylation sites is 1. The molecule has 1 fully saturated rings. The first kappa shape index (κ1) is 18.1. The molecule has 1 aliphatic heterocycles. The Morgan fingerprint density at radius 3 is 2.35 bits per heavy atom. The number of hydrogen-bond donors (Lipinski definition) is 1. The highest BCUT2D eigenvalue weighted by molar-refractivity contribution is 6.04. The molecule has 0 bridgehead atoms. The van der Waals surface area contributed by atoms with Crippen LogP contribution >= 0.6 is 0 Å². The number of benzene rings is 2. The van der Waals surface area contributed by atoms with E-state index in [1.165, 1.54) is 5.56 Å². The maximum absolute atomic E-state index is 12.7. The predicted octanol–water partition coefficient (Wildman–Crippen LogP) is 2.90. The fourth-order valence-electron chi connectivity index (χ4n) is 2.99. The third-order valence-corrected chi connectivity index (χ3v) is 4.53. The van der Waals surface area contributed by atoms with Crippen molar-refractivity contribution in [2.24, 2.45) is 0 Å². The molecule has 136 valence electrons. The van der Waals surface area contributed by atoms with Crippen molar-refractivity contribution in [3.05, 3.63) is 65.2 Å². The monoisotopic (exact) mass is 352 g/mol. The Labute approximate surface area is 154 Å². The number of nitrogens with zero attached hydrogens (tertiary/aromatic N) is 1. The summed E-state index contributed by atoms with van der Waals surface area (Å²) in [5.41, 5.74) is 3.27. The number of nitrogens with one attached hydrogen (secondary N) is 1. The van der Waals surface area contributed by atoms with Crippen molar-refractivity contribution in [2.75, 3.05) is 31.6 Å². The molecule has 2 aromatic rings. The van der Waals surface area contributed by atoms with Crippen molar-refractivity contribution in [2.45, 2.75) is 19.8 Å². The van der Waals surface area contributed by atoms with Crippen LogP contribution in [0.3, 0.4) is 0 Å². The average Bonchev–Trinajstić information content (AvgIpc) is 2.69. The molecule has 5 nitrogen and oxygen atoms in total. The molecule has 3 rings (SSSR count). The van der Waals surface area contributed by atoms with Crippen LogP contribution in [-0.4, -0.2) is 43.0 Å². The van der Waals surface area contributed by atoms with Gasteiger partial charge in [-0.15, -0.1) is 0 Å². The van der Waals surface area contributed by atoms with Crippen molar-refractivity contribution in [3.63, 3.8) is 0 Å². The summed E-state index contributed by atoms with van der Waals surface area (Å²) in [6, 6.07) is 15.2. The van der Waals surface area contributed by atoms with Gasteiger partial charge in [-0.2, -0.15) is 0 Å². The van der Waals surface area contributed by atoms with Gasteiger partial charge < -0.3 is 15.0 Å². The Morgan fingerprint density at radius 2 is 1.65 bits per heavy atom. The largest absolute Gasteiger partial charge is 0.378 e. The normalized spacial score (nSPS) is 14.1. The van der Waals surface area contributed by atoms with E-state index in [1.54, 1.807) is 17.0 Å². The molecule has 1 aliphatic rings. The smallest absolute Gasteiger partial charge is 0.256 e. The van der Waals surface area contributed by atoms with Gasteiger partial charge in [0.05, 0.1) is 30.9 Å². The van der Waals surface area contributed by atoms with Gasteiger partial charge in [-0.3, -0.25) is 9.59 Å². The highest BCUT2D eigenvalue weighted by atomic mass is 16.5. The summed E-state index contributed by atoms with van der Waals surface area (Å²) in [5.74, 6) is -0.201. The molecule has 1 heterocycles. The minimum atomic E-state index is -0.128. The molecule has 0 saturated carbocycles. The van der Waals surface area contributed by atoms with E-state index in [9.17, 15) is 9.59 Å². The fraction of sp³-hybridized carbons (Fsp3) is 0.333. The minimum Gasteiger partial charge on any atom is -0.378 e. The first-order chi connectivity index (χ1) is 12.7. The minimum absolute atomic E-state index is 0.0727. The summed E-state index contributed by atoms with van der Waals surface area (Å²) in [7, 11) is 0. The Hall–Kier alpha value is -2.66. The van der Waals surface area contributed by atoms with E-state index in [2.05, 4.69) is 12.2 Å². The van der Waals surface area contributed by atoms with Crippen LogP contribution in [0.5, 0.6) is 0 Å². The highest BCUT2D eigenvalue weighted by Crippen LogP contribution is 2.18. The van der Waals surface area contributed by atoms with Gasteiger partial charge in [0, 0.05) is 13.1 Å². The quantitative estimate of drug-likeness (QED) is 0.900. The molecule has 0 unspecified atom stereocenters. The number of amides is 2. The Bertz CT molecular complexity index is 765. The first-order valence-corrected chi connectivity index (χ1v) is 9.01. The number of hydrogen-bond acceptors (Lipinski definition) is 3. The van der Waals surface area contributed by atoms with Gasteiger partial charge >= 0.3 is 0 Å². The summed E-state index contributed by atoms with van der Waals surface area (Å²) < 4.78 is 5.30. The number of rotatable bonds is 5. The molecule has 1 N–H and O–H groups in total. The molecule has 2 amide bonds. The third kappa shape index (κ3) is 4.49. The standard InChI is InChI=1S/C21H24N2O3/c1-2-16-7-9-17(10-8-16)15-20(24)22-19-6-4-3-5-18(19)21(25)23-11-13-26-14-12-23/h3-10H,2,11-15H2,1H3,(H,22,24). The highest BCUT2D eigenvalue weighted by Gasteiger charge is 2.21. The average molecular weight is 352 g/mol. The molecule has 1 saturated heterocycles. The lowest BCUT2D eigenvalue weighted by Crippen LogP contribution is -2.41.